The van der Waals surface area contributed by atoms with Crippen molar-refractivity contribution in [3.8, 4) is 0 Å². The molecule has 0 spiro atoms. The van der Waals surface area contributed by atoms with Crippen LogP contribution in [0.25, 0.3) is 0 Å². The summed E-state index contributed by atoms with van der Waals surface area (Å²) in [4.78, 5) is 24.6. The lowest BCUT2D eigenvalue weighted by atomic mass is 10.3. The number of carbonyl (C=O) groups excluding carboxylic acids is 2. The Kier molecular flexibility index (Phi) is 3.20. The number of morpholine rings is 1. The van der Waals surface area contributed by atoms with Crippen LogP contribution < -0.4 is 5.32 Å². The van der Waals surface area contributed by atoms with Crippen LogP contribution in [0.2, 0.25) is 0 Å². The molecule has 0 unspecified atom stereocenters. The summed E-state index contributed by atoms with van der Waals surface area (Å²) in [6.45, 7) is 2.61. The molecule has 15 heavy (non-hydrogen) atoms. The van der Waals surface area contributed by atoms with Crippen molar-refractivity contribution in [2.45, 2.75) is 12.8 Å². The van der Waals surface area contributed by atoms with Crippen molar-refractivity contribution >= 4 is 11.8 Å². The zero-order valence-corrected chi connectivity index (χ0v) is 8.70. The molecule has 2 aliphatic rings. The predicted molar refractivity (Wildman–Crippen MR) is 53.1 cm³/mol. The minimum atomic E-state index is -0.00713. The summed E-state index contributed by atoms with van der Waals surface area (Å²) in [6.07, 6.45) is 1.94. The summed E-state index contributed by atoms with van der Waals surface area (Å²) in [5.41, 5.74) is 0. The topological polar surface area (TPSA) is 58.6 Å². The molecule has 2 amide bonds. The third kappa shape index (κ3) is 2.92. The zero-order valence-electron chi connectivity index (χ0n) is 8.70. The Bertz CT molecular complexity index is 257. The van der Waals surface area contributed by atoms with Gasteiger partial charge in [-0.3, -0.25) is 9.59 Å². The maximum absolute atomic E-state index is 11.6. The van der Waals surface area contributed by atoms with E-state index in [4.69, 9.17) is 4.74 Å². The van der Waals surface area contributed by atoms with Gasteiger partial charge in [-0.05, 0) is 12.8 Å². The van der Waals surface area contributed by atoms with Gasteiger partial charge in [-0.1, -0.05) is 0 Å². The first-order valence-electron chi connectivity index (χ1n) is 5.40. The Morgan fingerprint density at radius 3 is 2.53 bits per heavy atom. The van der Waals surface area contributed by atoms with Gasteiger partial charge in [0.1, 0.15) is 0 Å². The molecule has 1 aliphatic carbocycles. The Morgan fingerprint density at radius 1 is 1.27 bits per heavy atom. The molecule has 0 bridgehead atoms. The van der Waals surface area contributed by atoms with Crippen LogP contribution in [0.4, 0.5) is 0 Å². The van der Waals surface area contributed by atoms with E-state index in [9.17, 15) is 9.59 Å². The number of ether oxygens (including phenoxy) is 1. The van der Waals surface area contributed by atoms with Gasteiger partial charge < -0.3 is 15.0 Å². The van der Waals surface area contributed by atoms with Crippen LogP contribution >= 0.6 is 0 Å². The molecule has 84 valence electrons. The number of hydrogen-bond acceptors (Lipinski definition) is 3. The molecule has 1 saturated heterocycles. The standard InChI is InChI=1S/C10H16N2O3/c13-9(12-3-5-15-6-4-12)7-11-10(14)8-1-2-8/h8H,1-7H2,(H,11,14). The Hall–Kier alpha value is -1.10. The normalized spacial score (nSPS) is 21.2. The van der Waals surface area contributed by atoms with E-state index >= 15 is 0 Å². The third-order valence-corrected chi connectivity index (χ3v) is 2.73. The second kappa shape index (κ2) is 4.61. The second-order valence-electron chi connectivity index (χ2n) is 3.99. The number of amides is 2. The molecule has 1 N–H and O–H groups in total. The van der Waals surface area contributed by atoms with E-state index in [0.29, 0.717) is 26.3 Å². The highest BCUT2D eigenvalue weighted by Gasteiger charge is 2.30. The van der Waals surface area contributed by atoms with Gasteiger partial charge in [0.05, 0.1) is 19.8 Å². The average molecular weight is 212 g/mol. The quantitative estimate of drug-likeness (QED) is 0.677. The lowest BCUT2D eigenvalue weighted by Crippen LogP contribution is -2.45. The van der Waals surface area contributed by atoms with Crippen molar-refractivity contribution in [1.29, 1.82) is 0 Å². The first-order valence-corrected chi connectivity index (χ1v) is 5.40. The molecule has 1 saturated carbocycles. The van der Waals surface area contributed by atoms with Crippen molar-refractivity contribution in [2.75, 3.05) is 32.8 Å². The van der Waals surface area contributed by atoms with Crippen LogP contribution in [0, 0.1) is 5.92 Å². The summed E-state index contributed by atoms with van der Waals surface area (Å²) in [5, 5.41) is 2.67. The van der Waals surface area contributed by atoms with Crippen LogP contribution in [-0.4, -0.2) is 49.6 Å². The highest BCUT2D eigenvalue weighted by Crippen LogP contribution is 2.28. The number of rotatable bonds is 3. The predicted octanol–water partition coefficient (Wildman–Crippen LogP) is -0.629. The van der Waals surface area contributed by atoms with Crippen molar-refractivity contribution < 1.29 is 14.3 Å². The van der Waals surface area contributed by atoms with Crippen LogP contribution in [-0.2, 0) is 14.3 Å². The van der Waals surface area contributed by atoms with Crippen molar-refractivity contribution in [3.63, 3.8) is 0 Å². The smallest absolute Gasteiger partial charge is 0.242 e. The molecule has 1 aliphatic heterocycles. The van der Waals surface area contributed by atoms with E-state index in [2.05, 4.69) is 5.32 Å². The van der Waals surface area contributed by atoms with Gasteiger partial charge in [-0.25, -0.2) is 0 Å². The zero-order chi connectivity index (χ0) is 10.7. The van der Waals surface area contributed by atoms with Gasteiger partial charge in [-0.15, -0.1) is 0 Å². The van der Waals surface area contributed by atoms with E-state index < -0.39 is 0 Å². The molecule has 0 aromatic heterocycles. The molecule has 5 heteroatoms. The van der Waals surface area contributed by atoms with E-state index in [1.165, 1.54) is 0 Å². The monoisotopic (exact) mass is 212 g/mol. The van der Waals surface area contributed by atoms with Crippen LogP contribution in [0.1, 0.15) is 12.8 Å². The van der Waals surface area contributed by atoms with E-state index in [-0.39, 0.29) is 24.3 Å². The van der Waals surface area contributed by atoms with Gasteiger partial charge in [-0.2, -0.15) is 0 Å². The molecule has 0 atom stereocenters. The Balaban J connectivity index is 1.68. The van der Waals surface area contributed by atoms with Crippen LogP contribution in [0.5, 0.6) is 0 Å². The van der Waals surface area contributed by atoms with Gasteiger partial charge in [0.15, 0.2) is 0 Å². The number of nitrogens with zero attached hydrogens (tertiary/aromatic N) is 1. The van der Waals surface area contributed by atoms with E-state index in [1.807, 2.05) is 0 Å². The summed E-state index contributed by atoms with van der Waals surface area (Å²) in [6, 6.07) is 0. The lowest BCUT2D eigenvalue weighted by molar-refractivity contribution is -0.136. The minimum absolute atomic E-state index is 0.00713. The second-order valence-corrected chi connectivity index (χ2v) is 3.99. The Labute approximate surface area is 88.8 Å². The maximum atomic E-state index is 11.6. The average Bonchev–Trinajstić information content (AvgIpc) is 3.10. The summed E-state index contributed by atoms with van der Waals surface area (Å²) in [7, 11) is 0. The molecule has 2 fully saturated rings. The van der Waals surface area contributed by atoms with Crippen LogP contribution in [0.3, 0.4) is 0 Å². The molecular formula is C10H16N2O3. The molecule has 0 aromatic carbocycles. The largest absolute Gasteiger partial charge is 0.378 e. The van der Waals surface area contributed by atoms with Crippen molar-refractivity contribution in [3.05, 3.63) is 0 Å². The van der Waals surface area contributed by atoms with E-state index in [0.717, 1.165) is 12.8 Å². The number of nitrogens with one attached hydrogen (secondary N) is 1. The van der Waals surface area contributed by atoms with E-state index in [1.54, 1.807) is 4.90 Å². The molecule has 1 heterocycles. The molecule has 5 nitrogen and oxygen atoms in total. The highest BCUT2D eigenvalue weighted by atomic mass is 16.5. The van der Waals surface area contributed by atoms with Crippen molar-refractivity contribution in [1.82, 2.24) is 10.2 Å². The SMILES string of the molecule is O=C(NCC(=O)N1CCOCC1)C1CC1. The van der Waals surface area contributed by atoms with Crippen molar-refractivity contribution in [2.24, 2.45) is 5.92 Å². The summed E-state index contributed by atoms with van der Waals surface area (Å²) >= 11 is 0. The highest BCUT2D eigenvalue weighted by molar-refractivity contribution is 5.86. The molecule has 2 rings (SSSR count). The first kappa shape index (κ1) is 10.4. The van der Waals surface area contributed by atoms with Gasteiger partial charge >= 0.3 is 0 Å². The fourth-order valence-electron chi connectivity index (χ4n) is 1.58. The summed E-state index contributed by atoms with van der Waals surface area (Å²) in [5.74, 6) is 0.186. The minimum Gasteiger partial charge on any atom is -0.378 e. The first-order chi connectivity index (χ1) is 7.27. The maximum Gasteiger partial charge on any atom is 0.242 e. The number of carbonyl (C=O) groups is 2. The molecule has 0 radical (unpaired) electrons. The van der Waals surface area contributed by atoms with Gasteiger partial charge in [0, 0.05) is 19.0 Å². The lowest BCUT2D eigenvalue weighted by Gasteiger charge is -2.26. The van der Waals surface area contributed by atoms with Gasteiger partial charge in [0.2, 0.25) is 11.8 Å². The third-order valence-electron chi connectivity index (χ3n) is 2.73. The molecular weight excluding hydrogens is 196 g/mol. The number of hydrogen-bond donors (Lipinski definition) is 1. The fraction of sp³-hybridized carbons (Fsp3) is 0.800. The summed E-state index contributed by atoms with van der Waals surface area (Å²) < 4.78 is 5.14. The van der Waals surface area contributed by atoms with Gasteiger partial charge in [0.25, 0.3) is 0 Å². The van der Waals surface area contributed by atoms with Crippen LogP contribution in [0.15, 0.2) is 0 Å². The Morgan fingerprint density at radius 2 is 1.93 bits per heavy atom. The fourth-order valence-corrected chi connectivity index (χ4v) is 1.58. The molecule has 0 aromatic rings.